The minimum absolute atomic E-state index is 0. The van der Waals surface area contributed by atoms with Crippen LogP contribution in [0, 0.1) is 5.92 Å². The summed E-state index contributed by atoms with van der Waals surface area (Å²) in [6, 6.07) is 0.443. The number of amides is 1. The van der Waals surface area contributed by atoms with Crippen molar-refractivity contribution < 1.29 is 14.3 Å². The minimum atomic E-state index is -0.214. The van der Waals surface area contributed by atoms with E-state index in [0.29, 0.717) is 31.7 Å². The molecule has 2 aliphatic rings. The summed E-state index contributed by atoms with van der Waals surface area (Å²) >= 11 is 0. The van der Waals surface area contributed by atoms with Crippen LogP contribution in [-0.2, 0) is 9.47 Å². The molecule has 1 atom stereocenters. The van der Waals surface area contributed by atoms with Gasteiger partial charge in [0.05, 0.1) is 26.4 Å². The van der Waals surface area contributed by atoms with Crippen LogP contribution in [-0.4, -0.2) is 105 Å². The number of guanidine groups is 1. The number of nitrogens with zero attached hydrogens (tertiary/aromatic N) is 4. The second kappa shape index (κ2) is 14.2. The molecule has 0 aromatic carbocycles. The van der Waals surface area contributed by atoms with E-state index < -0.39 is 0 Å². The lowest BCUT2D eigenvalue weighted by Gasteiger charge is -2.37. The normalized spacial score (nSPS) is 19.7. The van der Waals surface area contributed by atoms with Crippen molar-refractivity contribution >= 4 is 36.0 Å². The third-order valence-electron chi connectivity index (χ3n) is 5.20. The molecule has 0 spiro atoms. The average Bonchev–Trinajstić information content (AvgIpc) is 2.71. The molecule has 1 N–H and O–H groups in total. The summed E-state index contributed by atoms with van der Waals surface area (Å²) < 4.78 is 10.6. The number of aliphatic imine (C=N–C) groups is 1. The highest BCUT2D eigenvalue weighted by molar-refractivity contribution is 14.0. The van der Waals surface area contributed by atoms with Crippen molar-refractivity contribution in [3.05, 3.63) is 0 Å². The van der Waals surface area contributed by atoms with Gasteiger partial charge in [-0.15, -0.1) is 24.0 Å². The van der Waals surface area contributed by atoms with E-state index in [1.165, 1.54) is 0 Å². The quantitative estimate of drug-likeness (QED) is 0.312. The van der Waals surface area contributed by atoms with Crippen molar-refractivity contribution in [2.24, 2.45) is 10.9 Å². The first-order chi connectivity index (χ1) is 13.5. The largest absolute Gasteiger partial charge is 0.450 e. The van der Waals surface area contributed by atoms with Crippen molar-refractivity contribution in [2.45, 2.75) is 40.2 Å². The van der Waals surface area contributed by atoms with Crippen molar-refractivity contribution in [1.82, 2.24) is 20.0 Å². The Morgan fingerprint density at radius 1 is 1.07 bits per heavy atom. The fraction of sp³-hybridized carbons (Fsp3) is 0.900. The predicted octanol–water partition coefficient (Wildman–Crippen LogP) is 2.09. The highest BCUT2D eigenvalue weighted by atomic mass is 127. The maximum Gasteiger partial charge on any atom is 0.409 e. The van der Waals surface area contributed by atoms with E-state index in [-0.39, 0.29) is 30.1 Å². The minimum Gasteiger partial charge on any atom is -0.450 e. The van der Waals surface area contributed by atoms with Gasteiger partial charge in [-0.1, -0.05) is 13.8 Å². The summed E-state index contributed by atoms with van der Waals surface area (Å²) in [5.74, 6) is 1.59. The van der Waals surface area contributed by atoms with Crippen LogP contribution >= 0.6 is 24.0 Å². The van der Waals surface area contributed by atoms with Gasteiger partial charge in [0.25, 0.3) is 0 Å². The van der Waals surface area contributed by atoms with Gasteiger partial charge in [0.2, 0.25) is 0 Å². The van der Waals surface area contributed by atoms with Crippen LogP contribution in [0.25, 0.3) is 0 Å². The second-order valence-electron chi connectivity index (χ2n) is 7.80. The Balaban J connectivity index is 0.00000420. The van der Waals surface area contributed by atoms with Gasteiger partial charge in [0.15, 0.2) is 5.96 Å². The number of hydrogen-bond donors (Lipinski definition) is 1. The van der Waals surface area contributed by atoms with Gasteiger partial charge in [-0.3, -0.25) is 9.89 Å². The zero-order chi connectivity index (χ0) is 20.4. The molecule has 29 heavy (non-hydrogen) atoms. The Morgan fingerprint density at radius 3 is 2.24 bits per heavy atom. The van der Waals surface area contributed by atoms with Crippen LogP contribution in [0.3, 0.4) is 0 Å². The van der Waals surface area contributed by atoms with Crippen LogP contribution in [0.2, 0.25) is 0 Å². The Labute approximate surface area is 193 Å². The number of morpholine rings is 1. The van der Waals surface area contributed by atoms with Gasteiger partial charge in [-0.25, -0.2) is 4.79 Å². The first-order valence-corrected chi connectivity index (χ1v) is 10.8. The molecule has 9 heteroatoms. The third-order valence-corrected chi connectivity index (χ3v) is 5.20. The molecule has 2 rings (SSSR count). The van der Waals surface area contributed by atoms with Crippen LogP contribution < -0.4 is 5.32 Å². The van der Waals surface area contributed by atoms with E-state index in [2.05, 4.69) is 35.9 Å². The molecular weight excluding hydrogens is 485 g/mol. The average molecular weight is 525 g/mol. The Morgan fingerprint density at radius 2 is 1.69 bits per heavy atom. The Hall–Kier alpha value is -0.810. The van der Waals surface area contributed by atoms with Gasteiger partial charge in [-0.05, 0) is 26.2 Å². The smallest absolute Gasteiger partial charge is 0.409 e. The number of halogens is 1. The molecule has 2 saturated heterocycles. The zero-order valence-corrected chi connectivity index (χ0v) is 20.9. The molecule has 2 heterocycles. The monoisotopic (exact) mass is 525 g/mol. The van der Waals surface area contributed by atoms with Crippen LogP contribution in [0.15, 0.2) is 4.99 Å². The van der Waals surface area contributed by atoms with Gasteiger partial charge >= 0.3 is 6.09 Å². The second-order valence-corrected chi connectivity index (χ2v) is 7.80. The lowest BCUT2D eigenvalue weighted by Crippen LogP contribution is -2.54. The maximum absolute atomic E-state index is 11.9. The summed E-state index contributed by atoms with van der Waals surface area (Å²) in [5.41, 5.74) is 0. The van der Waals surface area contributed by atoms with Crippen molar-refractivity contribution in [3.8, 4) is 0 Å². The van der Waals surface area contributed by atoms with Crippen molar-refractivity contribution in [3.63, 3.8) is 0 Å². The fourth-order valence-electron chi connectivity index (χ4n) is 3.76. The first kappa shape index (κ1) is 26.2. The van der Waals surface area contributed by atoms with Gasteiger partial charge in [-0.2, -0.15) is 0 Å². The predicted molar refractivity (Wildman–Crippen MR) is 127 cm³/mol. The highest BCUT2D eigenvalue weighted by Gasteiger charge is 2.25. The van der Waals surface area contributed by atoms with E-state index in [1.54, 1.807) is 4.90 Å². The fourth-order valence-corrected chi connectivity index (χ4v) is 3.76. The molecule has 0 bridgehead atoms. The lowest BCUT2D eigenvalue weighted by atomic mass is 10.0. The van der Waals surface area contributed by atoms with E-state index in [1.807, 2.05) is 6.92 Å². The zero-order valence-electron chi connectivity index (χ0n) is 18.6. The molecule has 0 aromatic heterocycles. The summed E-state index contributed by atoms with van der Waals surface area (Å²) in [6.45, 7) is 17.0. The van der Waals surface area contributed by atoms with Crippen LogP contribution in [0.1, 0.15) is 34.1 Å². The van der Waals surface area contributed by atoms with Crippen LogP contribution in [0.4, 0.5) is 4.79 Å². The number of nitrogens with one attached hydrogen (secondary N) is 1. The number of piperazine rings is 1. The van der Waals surface area contributed by atoms with Crippen molar-refractivity contribution in [2.75, 3.05) is 72.2 Å². The Kier molecular flexibility index (Phi) is 12.9. The molecule has 0 radical (unpaired) electrons. The molecule has 0 aromatic rings. The number of carbonyl (C=O) groups excluding carboxylic acids is 1. The molecular formula is C20H40IN5O3. The topological polar surface area (TPSA) is 69.6 Å². The summed E-state index contributed by atoms with van der Waals surface area (Å²) in [6.07, 6.45) is 0.924. The summed E-state index contributed by atoms with van der Waals surface area (Å²) in [4.78, 5) is 23.5. The van der Waals surface area contributed by atoms with E-state index in [4.69, 9.17) is 14.5 Å². The van der Waals surface area contributed by atoms with Crippen LogP contribution in [0.5, 0.6) is 0 Å². The standard InChI is InChI=1S/C20H39N5O3.HI/c1-5-21-19(24-7-9-25(10-8-24)20(26)28-6-2)22-16-18(15-17(3)4)23-11-13-27-14-12-23;/h17-18H,5-16H2,1-4H3,(H,21,22);1H. The molecule has 8 nitrogen and oxygen atoms in total. The molecule has 0 aliphatic carbocycles. The summed E-state index contributed by atoms with van der Waals surface area (Å²) in [7, 11) is 0. The van der Waals surface area contributed by atoms with Gasteiger partial charge in [0.1, 0.15) is 0 Å². The molecule has 170 valence electrons. The molecule has 0 saturated carbocycles. The molecule has 2 fully saturated rings. The van der Waals surface area contributed by atoms with Gasteiger partial charge in [0, 0.05) is 51.9 Å². The molecule has 2 aliphatic heterocycles. The molecule has 1 amide bonds. The van der Waals surface area contributed by atoms with Crippen molar-refractivity contribution in [1.29, 1.82) is 0 Å². The number of carbonyl (C=O) groups is 1. The SMILES string of the molecule is CCNC(=NCC(CC(C)C)N1CCOCC1)N1CCN(C(=O)OCC)CC1.I. The highest BCUT2D eigenvalue weighted by Crippen LogP contribution is 2.14. The van der Waals surface area contributed by atoms with E-state index >= 15 is 0 Å². The lowest BCUT2D eigenvalue weighted by molar-refractivity contribution is 0.0142. The Bertz CT molecular complexity index is 493. The first-order valence-electron chi connectivity index (χ1n) is 10.8. The molecule has 1 unspecified atom stereocenters. The van der Waals surface area contributed by atoms with E-state index in [9.17, 15) is 4.79 Å². The number of ether oxygens (including phenoxy) is 2. The van der Waals surface area contributed by atoms with E-state index in [0.717, 1.165) is 64.9 Å². The number of hydrogen-bond acceptors (Lipinski definition) is 5. The third kappa shape index (κ3) is 8.84. The van der Waals surface area contributed by atoms with Gasteiger partial charge < -0.3 is 24.6 Å². The number of rotatable bonds is 7. The maximum atomic E-state index is 11.9. The summed E-state index contributed by atoms with van der Waals surface area (Å²) in [5, 5.41) is 3.43.